The fraction of sp³-hybridized carbons (Fsp3) is 0.667. The molecule has 1 heterocycles. The molecule has 0 spiro atoms. The summed E-state index contributed by atoms with van der Waals surface area (Å²) < 4.78 is 0. The van der Waals surface area contributed by atoms with Crippen molar-refractivity contribution in [2.45, 2.75) is 34.1 Å². The Hall–Kier alpha value is -0.890. The van der Waals surface area contributed by atoms with Gasteiger partial charge in [-0.2, -0.15) is 0 Å². The van der Waals surface area contributed by atoms with Crippen molar-refractivity contribution >= 4 is 0 Å². The van der Waals surface area contributed by atoms with E-state index in [-0.39, 0.29) is 0 Å². The van der Waals surface area contributed by atoms with Gasteiger partial charge in [-0.25, -0.2) is 0 Å². The Morgan fingerprint density at radius 2 is 1.82 bits per heavy atom. The summed E-state index contributed by atoms with van der Waals surface area (Å²) in [5.74, 6) is 2.26. The highest BCUT2D eigenvalue weighted by atomic mass is 14.9. The van der Waals surface area contributed by atoms with Crippen LogP contribution in [0.4, 0.5) is 0 Å². The predicted molar refractivity (Wildman–Crippen MR) is 74.0 cm³/mol. The molecular weight excluding hydrogens is 208 g/mol. The van der Waals surface area contributed by atoms with Crippen molar-refractivity contribution in [1.29, 1.82) is 0 Å². The molecule has 0 unspecified atom stereocenters. The van der Waals surface area contributed by atoms with Crippen LogP contribution < -0.4 is 5.32 Å². The van der Waals surface area contributed by atoms with E-state index in [1.165, 1.54) is 5.69 Å². The van der Waals surface area contributed by atoms with Gasteiger partial charge in [0, 0.05) is 24.9 Å². The first kappa shape index (κ1) is 14.2. The molecule has 1 aromatic rings. The van der Waals surface area contributed by atoms with Crippen LogP contribution in [0.3, 0.4) is 0 Å². The maximum atomic E-state index is 4.33. The predicted octanol–water partition coefficient (Wildman–Crippen LogP) is 3.14. The van der Waals surface area contributed by atoms with Crippen molar-refractivity contribution in [2.24, 2.45) is 17.8 Å². The van der Waals surface area contributed by atoms with Crippen LogP contribution in [-0.2, 0) is 6.42 Å². The van der Waals surface area contributed by atoms with E-state index >= 15 is 0 Å². The number of nitrogens with zero attached hydrogens (tertiary/aromatic N) is 1. The summed E-state index contributed by atoms with van der Waals surface area (Å²) in [6.45, 7) is 11.4. The van der Waals surface area contributed by atoms with Crippen molar-refractivity contribution in [3.8, 4) is 0 Å². The molecule has 2 nitrogen and oxygen atoms in total. The van der Waals surface area contributed by atoms with Gasteiger partial charge in [0.2, 0.25) is 0 Å². The Morgan fingerprint density at radius 3 is 2.35 bits per heavy atom. The number of aromatic nitrogens is 1. The topological polar surface area (TPSA) is 24.9 Å². The number of hydrogen-bond acceptors (Lipinski definition) is 2. The lowest BCUT2D eigenvalue weighted by Gasteiger charge is -2.25. The molecule has 0 aliphatic heterocycles. The van der Waals surface area contributed by atoms with Crippen LogP contribution in [0.2, 0.25) is 0 Å². The van der Waals surface area contributed by atoms with Gasteiger partial charge < -0.3 is 5.32 Å². The first-order valence-electron chi connectivity index (χ1n) is 6.72. The summed E-state index contributed by atoms with van der Waals surface area (Å²) in [7, 11) is 0. The van der Waals surface area contributed by atoms with Gasteiger partial charge in [0.25, 0.3) is 0 Å². The molecule has 0 fully saturated rings. The minimum absolute atomic E-state index is 0.748. The lowest BCUT2D eigenvalue weighted by molar-refractivity contribution is 0.277. The Kier molecular flexibility index (Phi) is 6.20. The summed E-state index contributed by atoms with van der Waals surface area (Å²) in [6, 6.07) is 6.10. The van der Waals surface area contributed by atoms with E-state index in [1.807, 2.05) is 18.3 Å². The zero-order chi connectivity index (χ0) is 12.7. The third-order valence-corrected chi connectivity index (χ3v) is 3.38. The van der Waals surface area contributed by atoms with Crippen LogP contribution in [0.1, 0.15) is 33.4 Å². The van der Waals surface area contributed by atoms with Crippen molar-refractivity contribution in [3.63, 3.8) is 0 Å². The minimum atomic E-state index is 0.748. The van der Waals surface area contributed by atoms with Gasteiger partial charge in [-0.1, -0.05) is 33.8 Å². The molecule has 0 aliphatic rings. The number of rotatable bonds is 7. The third kappa shape index (κ3) is 5.31. The smallest absolute Gasteiger partial charge is 0.0416 e. The second-order valence-corrected chi connectivity index (χ2v) is 5.43. The Balaban J connectivity index is 2.23. The summed E-state index contributed by atoms with van der Waals surface area (Å²) in [5.41, 5.74) is 1.17. The molecule has 17 heavy (non-hydrogen) atoms. The van der Waals surface area contributed by atoms with Crippen LogP contribution in [0.15, 0.2) is 24.4 Å². The molecule has 0 aromatic carbocycles. The SMILES string of the molecule is CC(C)C(CNCCc1ccccn1)C(C)C. The van der Waals surface area contributed by atoms with E-state index < -0.39 is 0 Å². The number of nitrogens with one attached hydrogen (secondary N) is 1. The monoisotopic (exact) mass is 234 g/mol. The Labute approximate surface area is 106 Å². The van der Waals surface area contributed by atoms with Crippen molar-refractivity contribution in [2.75, 3.05) is 13.1 Å². The van der Waals surface area contributed by atoms with Crippen molar-refractivity contribution < 1.29 is 0 Å². The molecule has 0 atom stereocenters. The summed E-state index contributed by atoms with van der Waals surface area (Å²) in [6.07, 6.45) is 2.88. The van der Waals surface area contributed by atoms with Crippen LogP contribution in [0.5, 0.6) is 0 Å². The van der Waals surface area contributed by atoms with Gasteiger partial charge in [0.1, 0.15) is 0 Å². The van der Waals surface area contributed by atoms with Crippen molar-refractivity contribution in [3.05, 3.63) is 30.1 Å². The van der Waals surface area contributed by atoms with E-state index in [1.54, 1.807) is 0 Å². The van der Waals surface area contributed by atoms with Crippen LogP contribution in [-0.4, -0.2) is 18.1 Å². The van der Waals surface area contributed by atoms with Crippen LogP contribution >= 0.6 is 0 Å². The zero-order valence-electron chi connectivity index (χ0n) is 11.6. The molecule has 96 valence electrons. The van der Waals surface area contributed by atoms with Gasteiger partial charge in [0.15, 0.2) is 0 Å². The van der Waals surface area contributed by atoms with Gasteiger partial charge in [-0.05, 0) is 36.4 Å². The highest BCUT2D eigenvalue weighted by molar-refractivity contribution is 5.03. The van der Waals surface area contributed by atoms with E-state index in [0.29, 0.717) is 0 Å². The quantitative estimate of drug-likeness (QED) is 0.733. The normalized spacial score (nSPS) is 11.7. The molecule has 0 aliphatic carbocycles. The average molecular weight is 234 g/mol. The van der Waals surface area contributed by atoms with E-state index in [0.717, 1.165) is 37.3 Å². The summed E-state index contributed by atoms with van der Waals surface area (Å²) >= 11 is 0. The molecule has 0 bridgehead atoms. The summed E-state index contributed by atoms with van der Waals surface area (Å²) in [5, 5.41) is 3.56. The van der Waals surface area contributed by atoms with Gasteiger partial charge in [-0.3, -0.25) is 4.98 Å². The maximum absolute atomic E-state index is 4.33. The lowest BCUT2D eigenvalue weighted by atomic mass is 9.85. The fourth-order valence-corrected chi connectivity index (χ4v) is 2.27. The third-order valence-electron chi connectivity index (χ3n) is 3.38. The van der Waals surface area contributed by atoms with Gasteiger partial charge in [-0.15, -0.1) is 0 Å². The Bertz CT molecular complexity index is 285. The molecule has 1 N–H and O–H groups in total. The average Bonchev–Trinajstić information content (AvgIpc) is 2.29. The molecule has 0 saturated carbocycles. The largest absolute Gasteiger partial charge is 0.316 e. The highest BCUT2D eigenvalue weighted by Gasteiger charge is 2.16. The number of hydrogen-bond donors (Lipinski definition) is 1. The van der Waals surface area contributed by atoms with E-state index in [9.17, 15) is 0 Å². The fourth-order valence-electron chi connectivity index (χ4n) is 2.27. The van der Waals surface area contributed by atoms with E-state index in [4.69, 9.17) is 0 Å². The Morgan fingerprint density at radius 1 is 1.12 bits per heavy atom. The number of pyridine rings is 1. The zero-order valence-corrected chi connectivity index (χ0v) is 11.6. The standard InChI is InChI=1S/C15H26N2/c1-12(2)15(13(3)4)11-16-10-8-14-7-5-6-9-17-14/h5-7,9,12-13,15-16H,8,10-11H2,1-4H3. The van der Waals surface area contributed by atoms with E-state index in [2.05, 4.69) is 44.1 Å². The van der Waals surface area contributed by atoms with Gasteiger partial charge >= 0.3 is 0 Å². The second kappa shape index (κ2) is 7.44. The molecule has 0 amide bonds. The van der Waals surface area contributed by atoms with Crippen LogP contribution in [0, 0.1) is 17.8 Å². The van der Waals surface area contributed by atoms with Crippen molar-refractivity contribution in [1.82, 2.24) is 10.3 Å². The summed E-state index contributed by atoms with van der Waals surface area (Å²) in [4.78, 5) is 4.33. The minimum Gasteiger partial charge on any atom is -0.316 e. The van der Waals surface area contributed by atoms with Gasteiger partial charge in [0.05, 0.1) is 0 Å². The lowest BCUT2D eigenvalue weighted by Crippen LogP contribution is -2.31. The molecular formula is C15H26N2. The molecule has 0 saturated heterocycles. The second-order valence-electron chi connectivity index (χ2n) is 5.43. The van der Waals surface area contributed by atoms with Crippen LogP contribution in [0.25, 0.3) is 0 Å². The molecule has 2 heteroatoms. The first-order chi connectivity index (χ1) is 8.11. The highest BCUT2D eigenvalue weighted by Crippen LogP contribution is 2.19. The molecule has 1 aromatic heterocycles. The molecule has 0 radical (unpaired) electrons. The first-order valence-corrected chi connectivity index (χ1v) is 6.72. The molecule has 1 rings (SSSR count). The maximum Gasteiger partial charge on any atom is 0.0416 e.